The average Bonchev–Trinajstić information content (AvgIpc) is 3.07. The Morgan fingerprint density at radius 3 is 2.67 bits per heavy atom. The highest BCUT2D eigenvalue weighted by Crippen LogP contribution is 2.27. The van der Waals surface area contributed by atoms with Crippen molar-refractivity contribution >= 4 is 41.2 Å². The van der Waals surface area contributed by atoms with Gasteiger partial charge in [0.2, 0.25) is 23.1 Å². The summed E-state index contributed by atoms with van der Waals surface area (Å²) in [5.74, 6) is 2.60. The number of amides is 1. The first-order valence-electron chi connectivity index (χ1n) is 16.6. The van der Waals surface area contributed by atoms with Crippen molar-refractivity contribution in [2.75, 3.05) is 52.2 Å². The fourth-order valence-electron chi connectivity index (χ4n) is 5.31. The van der Waals surface area contributed by atoms with Gasteiger partial charge in [0.25, 0.3) is 0 Å². The maximum Gasteiger partial charge on any atom is 0.247 e. The summed E-state index contributed by atoms with van der Waals surface area (Å²) in [6.45, 7) is 21.2. The molecule has 3 aliphatic rings. The highest BCUT2D eigenvalue weighted by molar-refractivity contribution is 5.94. The number of rotatable bonds is 8. The summed E-state index contributed by atoms with van der Waals surface area (Å²) in [5, 5.41) is 10.8. The Bertz CT molecular complexity index is 1850. The number of aromatic nitrogens is 2. The van der Waals surface area contributed by atoms with Crippen LogP contribution in [0.2, 0.25) is 0 Å². The number of likely N-dealkylation sites (N-methyl/N-ethyl adjacent to an activating group) is 1. The molecule has 0 unspecified atom stereocenters. The summed E-state index contributed by atoms with van der Waals surface area (Å²) < 4.78 is 14.7. The molecular weight excluding hydrogens is 616 g/mol. The van der Waals surface area contributed by atoms with E-state index in [9.17, 15) is 4.79 Å². The first-order valence-corrected chi connectivity index (χ1v) is 16.6. The van der Waals surface area contributed by atoms with Gasteiger partial charge in [0.05, 0.1) is 22.8 Å². The molecule has 0 fully saturated rings. The maximum absolute atomic E-state index is 12.8. The van der Waals surface area contributed by atoms with Crippen molar-refractivity contribution in [2.24, 2.45) is 5.10 Å². The van der Waals surface area contributed by atoms with Gasteiger partial charge in [0.15, 0.2) is 13.2 Å². The number of allylic oxidation sites excluding steroid dienone is 2. The van der Waals surface area contributed by atoms with E-state index < -0.39 is 0 Å². The van der Waals surface area contributed by atoms with Crippen molar-refractivity contribution in [3.63, 3.8) is 0 Å². The Morgan fingerprint density at radius 2 is 2.00 bits per heavy atom. The first kappa shape index (κ1) is 36.5. The van der Waals surface area contributed by atoms with Gasteiger partial charge in [0, 0.05) is 36.8 Å². The SMILES string of the molecule is C=C1C=C(Oc2ccc(Nc3ncnc(=C/C)/c3=C3/OCC4=[N+](CCN(C(=O)/C=C/CN(C)C)C4)C3=C)cc2C)C=CN1/N=C\C.CCC. The molecule has 2 aromatic rings. The van der Waals surface area contributed by atoms with Crippen LogP contribution in [0.3, 0.4) is 0 Å². The molecule has 0 spiro atoms. The lowest BCUT2D eigenvalue weighted by molar-refractivity contribution is -0.484. The lowest BCUT2D eigenvalue weighted by Crippen LogP contribution is -2.50. The molecule has 258 valence electrons. The number of hydrogen-bond acceptors (Lipinski definition) is 9. The minimum atomic E-state index is -0.00218. The van der Waals surface area contributed by atoms with E-state index in [1.165, 1.54) is 12.7 Å². The zero-order valence-corrected chi connectivity index (χ0v) is 29.9. The van der Waals surface area contributed by atoms with Crippen LogP contribution in [-0.4, -0.2) is 94.1 Å². The Labute approximate surface area is 289 Å². The third kappa shape index (κ3) is 9.20. The molecule has 0 saturated carbocycles. The minimum absolute atomic E-state index is 0.00218. The van der Waals surface area contributed by atoms with Crippen LogP contribution < -0.4 is 20.6 Å². The number of carbonyl (C=O) groups excluding carboxylic acids is 1. The van der Waals surface area contributed by atoms with Gasteiger partial charge in [0.1, 0.15) is 30.2 Å². The molecule has 1 N–H and O–H groups in total. The number of aryl methyl sites for hydroxylation is 1. The molecule has 5 rings (SSSR count). The Kier molecular flexibility index (Phi) is 12.8. The molecule has 3 aliphatic heterocycles. The number of hydrogen-bond donors (Lipinski definition) is 1. The standard InChI is InChI=1S/C35H41N8O3.C3H8/c1-8-30-33(34-26(5)42-18-17-41(21-28(42)22-45-34)32(44)11-10-15-40(6)7)35(37-23-36-30)39-27-12-13-31(24(3)19-27)46-29-14-16-43(38-9-2)25(4)20-29;1-3-2/h8-14,16,19-20,23H,4-5,15,17-18,21-22H2,1-3,6-7H3,(H,36,37,39);3H2,1-2H3/q+1;/b11-10+,30-8+,34-33-,38-9-;. The van der Waals surface area contributed by atoms with Crippen molar-refractivity contribution in [2.45, 2.75) is 41.0 Å². The zero-order valence-electron chi connectivity index (χ0n) is 29.9. The van der Waals surface area contributed by atoms with Gasteiger partial charge in [-0.1, -0.05) is 39.0 Å². The van der Waals surface area contributed by atoms with Crippen LogP contribution in [0.4, 0.5) is 11.5 Å². The maximum atomic E-state index is 12.8. The number of benzene rings is 1. The van der Waals surface area contributed by atoms with E-state index in [0.29, 0.717) is 55.8 Å². The molecule has 49 heavy (non-hydrogen) atoms. The van der Waals surface area contributed by atoms with Crippen LogP contribution in [0.1, 0.15) is 39.7 Å². The predicted molar refractivity (Wildman–Crippen MR) is 198 cm³/mol. The Morgan fingerprint density at radius 1 is 1.22 bits per heavy atom. The molecule has 11 nitrogen and oxygen atoms in total. The van der Waals surface area contributed by atoms with Crippen molar-refractivity contribution in [3.05, 3.63) is 101 Å². The van der Waals surface area contributed by atoms with Crippen LogP contribution in [-0.2, 0) is 9.53 Å². The summed E-state index contributed by atoms with van der Waals surface area (Å²) in [6, 6.07) is 5.86. The third-order valence-corrected chi connectivity index (χ3v) is 7.63. The smallest absolute Gasteiger partial charge is 0.247 e. The van der Waals surface area contributed by atoms with Gasteiger partial charge < -0.3 is 24.6 Å². The largest absolute Gasteiger partial charge is 0.475 e. The topological polar surface area (TPSA) is 98.4 Å². The molecule has 4 heterocycles. The number of carbonyl (C=O) groups is 1. The number of ether oxygens (including phenoxy) is 2. The van der Waals surface area contributed by atoms with Gasteiger partial charge in [-0.25, -0.2) is 15.0 Å². The van der Waals surface area contributed by atoms with Gasteiger partial charge in [-0.3, -0.25) is 4.79 Å². The summed E-state index contributed by atoms with van der Waals surface area (Å²) in [7, 11) is 3.94. The van der Waals surface area contributed by atoms with E-state index in [2.05, 4.69) is 52.0 Å². The van der Waals surface area contributed by atoms with E-state index in [1.54, 1.807) is 17.3 Å². The molecule has 0 bridgehead atoms. The van der Waals surface area contributed by atoms with Crippen LogP contribution in [0, 0.1) is 6.92 Å². The molecule has 1 amide bonds. The first-order chi connectivity index (χ1) is 23.6. The second kappa shape index (κ2) is 17.2. The molecule has 0 saturated heterocycles. The van der Waals surface area contributed by atoms with Crippen LogP contribution in [0.5, 0.6) is 5.75 Å². The van der Waals surface area contributed by atoms with Crippen molar-refractivity contribution in [3.8, 4) is 5.75 Å². The monoisotopic (exact) mass is 665 g/mol. The Balaban J connectivity index is 0.00000174. The zero-order chi connectivity index (χ0) is 35.5. The van der Waals surface area contributed by atoms with Crippen LogP contribution in [0.15, 0.2) is 90.4 Å². The summed E-state index contributed by atoms with van der Waals surface area (Å²) in [6.07, 6.45) is 15.4. The van der Waals surface area contributed by atoms with Crippen molar-refractivity contribution in [1.82, 2.24) is 24.8 Å². The molecule has 11 heteroatoms. The number of nitrogens with one attached hydrogen (secondary N) is 1. The fraction of sp³-hybridized carbons (Fsp3) is 0.342. The highest BCUT2D eigenvalue weighted by Gasteiger charge is 2.36. The molecule has 1 aromatic heterocycles. The summed E-state index contributed by atoms with van der Waals surface area (Å²) >= 11 is 0. The Hall–Kier alpha value is -5.29. The van der Waals surface area contributed by atoms with E-state index in [1.807, 2.05) is 93.4 Å². The van der Waals surface area contributed by atoms with Gasteiger partial charge in [-0.2, -0.15) is 9.68 Å². The molecule has 0 aliphatic carbocycles. The van der Waals surface area contributed by atoms with E-state index in [0.717, 1.165) is 39.0 Å². The summed E-state index contributed by atoms with van der Waals surface area (Å²) in [5.41, 5.74) is 4.19. The highest BCUT2D eigenvalue weighted by atomic mass is 16.5. The van der Waals surface area contributed by atoms with E-state index in [4.69, 9.17) is 9.47 Å². The molecular formula is C38H49N8O3+. The average molecular weight is 666 g/mol. The third-order valence-electron chi connectivity index (χ3n) is 7.63. The second-order valence-electron chi connectivity index (χ2n) is 12.0. The van der Waals surface area contributed by atoms with E-state index in [-0.39, 0.29) is 5.91 Å². The number of nitrogens with zero attached hydrogens (tertiary/aromatic N) is 7. The normalized spacial score (nSPS) is 17.7. The van der Waals surface area contributed by atoms with Crippen LogP contribution in [0.25, 0.3) is 11.8 Å². The van der Waals surface area contributed by atoms with Gasteiger partial charge in [-0.15, -0.1) is 0 Å². The molecule has 0 radical (unpaired) electrons. The number of anilines is 2. The fourth-order valence-corrected chi connectivity index (χ4v) is 5.31. The van der Waals surface area contributed by atoms with Crippen LogP contribution >= 0.6 is 0 Å². The second-order valence-corrected chi connectivity index (χ2v) is 12.0. The van der Waals surface area contributed by atoms with Crippen molar-refractivity contribution < 1.29 is 18.8 Å². The van der Waals surface area contributed by atoms with Crippen molar-refractivity contribution in [1.29, 1.82) is 0 Å². The lowest BCUT2D eigenvalue weighted by atomic mass is 10.1. The van der Waals surface area contributed by atoms with Gasteiger partial charge in [-0.05, 0) is 71.3 Å². The number of hydrazone groups is 1. The quantitative estimate of drug-likeness (QED) is 0.252. The lowest BCUT2D eigenvalue weighted by Gasteiger charge is -2.29. The van der Waals surface area contributed by atoms with E-state index >= 15 is 0 Å². The minimum Gasteiger partial charge on any atom is -0.475 e. The molecule has 0 atom stereocenters. The molecule has 1 aromatic carbocycles. The predicted octanol–water partition coefficient (Wildman–Crippen LogP) is 4.42. The summed E-state index contributed by atoms with van der Waals surface area (Å²) in [4.78, 5) is 25.8. The van der Waals surface area contributed by atoms with Gasteiger partial charge >= 0.3 is 0 Å².